The Labute approximate surface area is 165 Å². The second kappa shape index (κ2) is 8.14. The molecular formula is C16H11Cl2N5O3S. The number of hydrogen-bond donors (Lipinski definition) is 3. The number of nitrogens with one attached hydrogen (secondary N) is 3. The van der Waals surface area contributed by atoms with E-state index in [1.165, 1.54) is 18.2 Å². The molecule has 138 valence electrons. The molecule has 0 heterocycles. The fraction of sp³-hybridized carbons (Fsp3) is 0.0625. The van der Waals surface area contributed by atoms with Crippen molar-refractivity contribution in [3.05, 3.63) is 51.5 Å². The summed E-state index contributed by atoms with van der Waals surface area (Å²) in [4.78, 5) is 11.8. The van der Waals surface area contributed by atoms with Crippen LogP contribution in [0.4, 0.5) is 16.2 Å². The lowest BCUT2D eigenvalue weighted by Gasteiger charge is -2.14. The number of carbonyl (C=O) groups excluding carboxylic acids is 1. The number of hydrogen-bond acceptors (Lipinski definition) is 6. The van der Waals surface area contributed by atoms with Gasteiger partial charge in [0.2, 0.25) is 0 Å². The van der Waals surface area contributed by atoms with Crippen LogP contribution in [-0.4, -0.2) is 20.7 Å². The number of halogens is 2. The molecule has 0 bridgehead atoms. The van der Waals surface area contributed by atoms with Gasteiger partial charge in [-0.1, -0.05) is 23.2 Å². The highest BCUT2D eigenvalue weighted by molar-refractivity contribution is 7.90. The molecule has 2 rings (SSSR count). The van der Waals surface area contributed by atoms with Crippen molar-refractivity contribution in [1.82, 2.24) is 5.43 Å². The minimum atomic E-state index is -3.74. The molecule has 27 heavy (non-hydrogen) atoms. The molecule has 0 aliphatic rings. The van der Waals surface area contributed by atoms with E-state index in [0.29, 0.717) is 5.02 Å². The molecule has 2 aromatic carbocycles. The van der Waals surface area contributed by atoms with E-state index >= 15 is 0 Å². The van der Waals surface area contributed by atoms with Gasteiger partial charge in [-0.25, -0.2) is 13.2 Å². The van der Waals surface area contributed by atoms with Gasteiger partial charge in [-0.2, -0.15) is 10.5 Å². The Hall–Kier alpha value is -2.98. The highest BCUT2D eigenvalue weighted by Crippen LogP contribution is 2.26. The number of anilines is 2. The van der Waals surface area contributed by atoms with Crippen molar-refractivity contribution >= 4 is 50.4 Å². The molecule has 2 aromatic rings. The summed E-state index contributed by atoms with van der Waals surface area (Å²) in [6.07, 6.45) is 0.939. The van der Waals surface area contributed by atoms with Gasteiger partial charge >= 0.3 is 6.03 Å². The number of nitrogens with zero attached hydrogens (tertiary/aromatic N) is 2. The third-order valence-corrected chi connectivity index (χ3v) is 4.93. The first kappa shape index (κ1) is 20.3. The summed E-state index contributed by atoms with van der Waals surface area (Å²) in [6.45, 7) is 0. The van der Waals surface area contributed by atoms with Crippen molar-refractivity contribution in [2.75, 3.05) is 17.0 Å². The van der Waals surface area contributed by atoms with Gasteiger partial charge in [-0.15, -0.1) is 0 Å². The molecule has 0 saturated carbocycles. The third kappa shape index (κ3) is 5.02. The van der Waals surface area contributed by atoms with Crippen LogP contribution >= 0.6 is 23.2 Å². The molecule has 0 spiro atoms. The number of sulfone groups is 1. The highest BCUT2D eigenvalue weighted by Gasteiger charge is 2.18. The molecule has 0 atom stereocenters. The standard InChI is InChI=1S/C16H11Cl2N5O3S/c1-27(25,26)15-5-10(8-20)9(7-19)4-14(15)22-23-16(24)21-13-3-2-11(17)6-12(13)18/h2-6,22H,1H3,(H2,21,23,24). The molecule has 0 aromatic heterocycles. The van der Waals surface area contributed by atoms with Gasteiger partial charge in [0.05, 0.1) is 32.4 Å². The normalized spacial score (nSPS) is 10.4. The van der Waals surface area contributed by atoms with E-state index in [1.807, 2.05) is 0 Å². The zero-order valence-corrected chi connectivity index (χ0v) is 16.0. The van der Waals surface area contributed by atoms with E-state index in [2.05, 4.69) is 16.2 Å². The molecule has 8 nitrogen and oxygen atoms in total. The monoisotopic (exact) mass is 423 g/mol. The molecule has 11 heteroatoms. The third-order valence-electron chi connectivity index (χ3n) is 3.25. The van der Waals surface area contributed by atoms with Gasteiger partial charge in [0.25, 0.3) is 0 Å². The van der Waals surface area contributed by atoms with Gasteiger partial charge in [0.1, 0.15) is 12.1 Å². The van der Waals surface area contributed by atoms with Crippen molar-refractivity contribution in [2.24, 2.45) is 0 Å². The highest BCUT2D eigenvalue weighted by atomic mass is 35.5. The first-order valence-corrected chi connectivity index (χ1v) is 9.77. The van der Waals surface area contributed by atoms with E-state index in [9.17, 15) is 13.2 Å². The fourth-order valence-corrected chi connectivity index (χ4v) is 3.33. The van der Waals surface area contributed by atoms with Gasteiger partial charge < -0.3 is 5.32 Å². The Morgan fingerprint density at radius 1 is 1.04 bits per heavy atom. The number of amides is 2. The van der Waals surface area contributed by atoms with Crippen molar-refractivity contribution in [2.45, 2.75) is 4.90 Å². The van der Waals surface area contributed by atoms with E-state index in [-0.39, 0.29) is 32.4 Å². The zero-order valence-electron chi connectivity index (χ0n) is 13.7. The average Bonchev–Trinajstić information content (AvgIpc) is 2.60. The van der Waals surface area contributed by atoms with Crippen LogP contribution in [0.1, 0.15) is 11.1 Å². The van der Waals surface area contributed by atoms with Crippen molar-refractivity contribution in [3.63, 3.8) is 0 Å². The van der Waals surface area contributed by atoms with Crippen LogP contribution in [0.15, 0.2) is 35.2 Å². The first-order chi connectivity index (χ1) is 12.7. The van der Waals surface area contributed by atoms with E-state index in [1.54, 1.807) is 12.1 Å². The zero-order chi connectivity index (χ0) is 20.2. The smallest absolute Gasteiger partial charge is 0.305 e. The van der Waals surface area contributed by atoms with Crippen LogP contribution in [0.5, 0.6) is 0 Å². The van der Waals surface area contributed by atoms with E-state index in [0.717, 1.165) is 18.4 Å². The van der Waals surface area contributed by atoms with Crippen LogP contribution in [0.25, 0.3) is 0 Å². The fourth-order valence-electron chi connectivity index (χ4n) is 2.04. The summed E-state index contributed by atoms with van der Waals surface area (Å²) >= 11 is 11.7. The van der Waals surface area contributed by atoms with Crippen LogP contribution < -0.4 is 16.2 Å². The molecule has 0 radical (unpaired) electrons. The molecule has 0 saturated heterocycles. The predicted octanol–water partition coefficient (Wildman–Crippen LogP) is 3.29. The number of urea groups is 1. The summed E-state index contributed by atoms with van der Waals surface area (Å²) in [7, 11) is -3.74. The van der Waals surface area contributed by atoms with Gasteiger partial charge in [-0.3, -0.25) is 10.9 Å². The largest absolute Gasteiger partial charge is 0.337 e. The molecule has 0 fully saturated rings. The lowest BCUT2D eigenvalue weighted by Crippen LogP contribution is -2.34. The summed E-state index contributed by atoms with van der Waals surface area (Å²) in [5.41, 5.74) is 4.74. The summed E-state index contributed by atoms with van der Waals surface area (Å²) < 4.78 is 23.9. The molecular weight excluding hydrogens is 413 g/mol. The SMILES string of the molecule is CS(=O)(=O)c1cc(C#N)c(C#N)cc1NNC(=O)Nc1ccc(Cl)cc1Cl. The lowest BCUT2D eigenvalue weighted by atomic mass is 10.1. The minimum Gasteiger partial charge on any atom is -0.305 e. The van der Waals surface area contributed by atoms with Gasteiger partial charge in [0.15, 0.2) is 9.84 Å². The summed E-state index contributed by atoms with van der Waals surface area (Å²) in [5.74, 6) is 0. The maximum absolute atomic E-state index is 12.0. The Morgan fingerprint density at radius 3 is 2.22 bits per heavy atom. The number of hydrazine groups is 1. The van der Waals surface area contributed by atoms with E-state index < -0.39 is 15.9 Å². The predicted molar refractivity (Wildman–Crippen MR) is 101 cm³/mol. The average molecular weight is 424 g/mol. The summed E-state index contributed by atoms with van der Waals surface area (Å²) in [6, 6.07) is 9.47. The van der Waals surface area contributed by atoms with Crippen LogP contribution in [0.3, 0.4) is 0 Å². The Bertz CT molecular complexity index is 1100. The molecule has 3 N–H and O–H groups in total. The van der Waals surface area contributed by atoms with Crippen molar-refractivity contribution in [1.29, 1.82) is 10.5 Å². The quantitative estimate of drug-likeness (QED) is 0.645. The van der Waals surface area contributed by atoms with Crippen molar-refractivity contribution in [3.8, 4) is 12.1 Å². The van der Waals surface area contributed by atoms with Crippen LogP contribution in [0.2, 0.25) is 10.0 Å². The Morgan fingerprint density at radius 2 is 1.67 bits per heavy atom. The first-order valence-electron chi connectivity index (χ1n) is 7.12. The van der Waals surface area contributed by atoms with E-state index in [4.69, 9.17) is 33.7 Å². The maximum Gasteiger partial charge on any atom is 0.337 e. The minimum absolute atomic E-state index is 0.0460. The second-order valence-corrected chi connectivity index (χ2v) is 8.05. The lowest BCUT2D eigenvalue weighted by molar-refractivity contribution is 0.254. The molecule has 0 unspecified atom stereocenters. The van der Waals surface area contributed by atoms with Crippen molar-refractivity contribution < 1.29 is 13.2 Å². The second-order valence-electron chi connectivity index (χ2n) is 5.22. The van der Waals surface area contributed by atoms with Gasteiger partial charge in [-0.05, 0) is 30.3 Å². The number of carbonyl (C=O) groups is 1. The van der Waals surface area contributed by atoms with Gasteiger partial charge in [0, 0.05) is 11.3 Å². The number of nitriles is 2. The Balaban J connectivity index is 2.25. The summed E-state index contributed by atoms with van der Waals surface area (Å²) in [5, 5.41) is 21.2. The molecule has 0 aliphatic heterocycles. The maximum atomic E-state index is 12.0. The number of benzene rings is 2. The van der Waals surface area contributed by atoms with Crippen LogP contribution in [-0.2, 0) is 9.84 Å². The number of rotatable bonds is 4. The topological polar surface area (TPSA) is 135 Å². The van der Waals surface area contributed by atoms with Crippen LogP contribution in [0, 0.1) is 22.7 Å². The molecule has 0 aliphatic carbocycles. The molecule has 2 amide bonds. The Kier molecular flexibility index (Phi) is 6.13.